The largest absolute Gasteiger partial charge is 0.256 e. The molecule has 0 aliphatic carbocycles. The number of pyridine rings is 1. The van der Waals surface area contributed by atoms with Crippen LogP contribution < -0.4 is 0 Å². The topological polar surface area (TPSA) is 12.9 Å². The number of aryl methyl sites for hydroxylation is 1. The van der Waals surface area contributed by atoms with Crippen LogP contribution in [0, 0.1) is 0 Å². The third kappa shape index (κ3) is 1.46. The molecule has 0 radical (unpaired) electrons. The third-order valence-corrected chi connectivity index (χ3v) is 2.87. The second kappa shape index (κ2) is 3.46. The number of halogens is 1. The van der Waals surface area contributed by atoms with Gasteiger partial charge in [0.25, 0.3) is 0 Å². The number of hydrogen-bond donors (Lipinski definition) is 0. The molecule has 1 heterocycles. The van der Waals surface area contributed by atoms with Gasteiger partial charge in [-0.15, -0.1) is 0 Å². The van der Waals surface area contributed by atoms with Gasteiger partial charge in [0.1, 0.15) is 0 Å². The molecule has 1 nitrogen and oxygen atoms in total. The molecule has 2 rings (SSSR count). The number of nitrogens with zero attached hydrogens (tertiary/aromatic N) is 1. The summed E-state index contributed by atoms with van der Waals surface area (Å²) in [6.07, 6.45) is 2.87. The molecule has 0 bridgehead atoms. The number of hydrogen-bond acceptors (Lipinski definition) is 1. The highest BCUT2D eigenvalue weighted by molar-refractivity contribution is 9.10. The van der Waals surface area contributed by atoms with E-state index in [0.29, 0.717) is 0 Å². The Morgan fingerprint density at radius 1 is 1.31 bits per heavy atom. The first-order chi connectivity index (χ1) is 6.33. The lowest BCUT2D eigenvalue weighted by atomic mass is 10.1. The van der Waals surface area contributed by atoms with Crippen molar-refractivity contribution in [3.8, 4) is 0 Å². The van der Waals surface area contributed by atoms with Crippen LogP contribution in [0.3, 0.4) is 0 Å². The Bertz CT molecular complexity index is 437. The predicted molar refractivity (Wildman–Crippen MR) is 58.8 cm³/mol. The Balaban J connectivity index is 2.84. The standard InChI is InChI=1S/C11H10BrN/c1-2-8-4-3-5-9-10(12)6-7-13-11(8)9/h3-7H,2H2,1H3. The van der Waals surface area contributed by atoms with E-state index in [1.54, 1.807) is 0 Å². The summed E-state index contributed by atoms with van der Waals surface area (Å²) in [5, 5.41) is 1.20. The normalized spacial score (nSPS) is 10.6. The number of para-hydroxylation sites is 1. The van der Waals surface area contributed by atoms with E-state index >= 15 is 0 Å². The summed E-state index contributed by atoms with van der Waals surface area (Å²) in [7, 11) is 0. The van der Waals surface area contributed by atoms with Crippen molar-refractivity contribution in [2.45, 2.75) is 13.3 Å². The minimum Gasteiger partial charge on any atom is -0.256 e. The molecule has 2 aromatic rings. The van der Waals surface area contributed by atoms with Crippen LogP contribution in [-0.4, -0.2) is 4.98 Å². The van der Waals surface area contributed by atoms with Crippen molar-refractivity contribution in [2.75, 3.05) is 0 Å². The maximum Gasteiger partial charge on any atom is 0.0745 e. The Labute approximate surface area is 85.9 Å². The zero-order valence-corrected chi connectivity index (χ0v) is 9.01. The first kappa shape index (κ1) is 8.70. The van der Waals surface area contributed by atoms with Crippen molar-refractivity contribution in [1.29, 1.82) is 0 Å². The maximum atomic E-state index is 4.38. The lowest BCUT2D eigenvalue weighted by Gasteiger charge is -2.03. The first-order valence-electron chi connectivity index (χ1n) is 4.35. The van der Waals surface area contributed by atoms with Crippen LogP contribution in [0.15, 0.2) is 34.9 Å². The van der Waals surface area contributed by atoms with E-state index in [2.05, 4.69) is 46.0 Å². The SMILES string of the molecule is CCc1cccc2c(Br)ccnc12. The van der Waals surface area contributed by atoms with Crippen LogP contribution in [0.4, 0.5) is 0 Å². The van der Waals surface area contributed by atoms with Crippen LogP contribution in [0.25, 0.3) is 10.9 Å². The third-order valence-electron chi connectivity index (χ3n) is 2.18. The van der Waals surface area contributed by atoms with Gasteiger partial charge in [0.05, 0.1) is 5.52 Å². The van der Waals surface area contributed by atoms with Gasteiger partial charge in [0.2, 0.25) is 0 Å². The maximum absolute atomic E-state index is 4.38. The Morgan fingerprint density at radius 2 is 2.15 bits per heavy atom. The van der Waals surface area contributed by atoms with E-state index in [1.165, 1.54) is 10.9 Å². The molecule has 0 saturated heterocycles. The van der Waals surface area contributed by atoms with Gasteiger partial charge in [0.15, 0.2) is 0 Å². The highest BCUT2D eigenvalue weighted by atomic mass is 79.9. The van der Waals surface area contributed by atoms with Crippen LogP contribution in [-0.2, 0) is 6.42 Å². The molecule has 13 heavy (non-hydrogen) atoms. The highest BCUT2D eigenvalue weighted by Gasteiger charge is 2.01. The monoisotopic (exact) mass is 235 g/mol. The lowest BCUT2D eigenvalue weighted by Crippen LogP contribution is -1.86. The zero-order valence-electron chi connectivity index (χ0n) is 7.42. The molecule has 0 aliphatic heterocycles. The summed E-state index contributed by atoms with van der Waals surface area (Å²) in [6.45, 7) is 2.15. The quantitative estimate of drug-likeness (QED) is 0.737. The van der Waals surface area contributed by atoms with E-state index in [-0.39, 0.29) is 0 Å². The molecule has 0 N–H and O–H groups in total. The van der Waals surface area contributed by atoms with Crippen molar-refractivity contribution in [3.63, 3.8) is 0 Å². The molecule has 0 unspecified atom stereocenters. The van der Waals surface area contributed by atoms with Crippen molar-refractivity contribution < 1.29 is 0 Å². The Kier molecular flexibility index (Phi) is 2.32. The Hall–Kier alpha value is -0.890. The molecule has 0 saturated carbocycles. The van der Waals surface area contributed by atoms with Crippen LogP contribution in [0.2, 0.25) is 0 Å². The zero-order chi connectivity index (χ0) is 9.26. The van der Waals surface area contributed by atoms with Gasteiger partial charge < -0.3 is 0 Å². The van der Waals surface area contributed by atoms with Crippen LogP contribution in [0.5, 0.6) is 0 Å². The van der Waals surface area contributed by atoms with E-state index < -0.39 is 0 Å². The minimum atomic E-state index is 1.03. The van der Waals surface area contributed by atoms with Gasteiger partial charge in [-0.1, -0.05) is 41.1 Å². The molecule has 66 valence electrons. The van der Waals surface area contributed by atoms with Crippen LogP contribution >= 0.6 is 15.9 Å². The number of rotatable bonds is 1. The van der Waals surface area contributed by atoms with E-state index in [1.807, 2.05) is 12.3 Å². The number of benzene rings is 1. The molecule has 0 atom stereocenters. The molecule has 0 amide bonds. The van der Waals surface area contributed by atoms with Gasteiger partial charge in [-0.05, 0) is 18.1 Å². The number of fused-ring (bicyclic) bond motifs is 1. The summed E-state index contributed by atoms with van der Waals surface area (Å²) >= 11 is 3.52. The van der Waals surface area contributed by atoms with Gasteiger partial charge in [-0.3, -0.25) is 4.98 Å². The predicted octanol–water partition coefficient (Wildman–Crippen LogP) is 3.56. The Morgan fingerprint density at radius 3 is 2.92 bits per heavy atom. The minimum absolute atomic E-state index is 1.03. The molecule has 1 aromatic heterocycles. The van der Waals surface area contributed by atoms with E-state index in [4.69, 9.17) is 0 Å². The van der Waals surface area contributed by atoms with Crippen molar-refractivity contribution >= 4 is 26.8 Å². The molecule has 2 heteroatoms. The smallest absolute Gasteiger partial charge is 0.0745 e. The second-order valence-corrected chi connectivity index (χ2v) is 3.81. The fourth-order valence-corrected chi connectivity index (χ4v) is 1.93. The fourth-order valence-electron chi connectivity index (χ4n) is 1.49. The molecule has 0 aliphatic rings. The first-order valence-corrected chi connectivity index (χ1v) is 5.14. The summed E-state index contributed by atoms with van der Waals surface area (Å²) in [5.41, 5.74) is 2.41. The summed E-state index contributed by atoms with van der Waals surface area (Å²) in [6, 6.07) is 8.27. The van der Waals surface area contributed by atoms with Gasteiger partial charge in [-0.25, -0.2) is 0 Å². The number of aromatic nitrogens is 1. The summed E-state index contributed by atoms with van der Waals surface area (Å²) < 4.78 is 1.12. The van der Waals surface area contributed by atoms with E-state index in [0.717, 1.165) is 16.4 Å². The van der Waals surface area contributed by atoms with Crippen molar-refractivity contribution in [1.82, 2.24) is 4.98 Å². The van der Waals surface area contributed by atoms with Gasteiger partial charge in [-0.2, -0.15) is 0 Å². The lowest BCUT2D eigenvalue weighted by molar-refractivity contribution is 1.14. The van der Waals surface area contributed by atoms with Crippen LogP contribution in [0.1, 0.15) is 12.5 Å². The van der Waals surface area contributed by atoms with Gasteiger partial charge >= 0.3 is 0 Å². The van der Waals surface area contributed by atoms with E-state index in [9.17, 15) is 0 Å². The van der Waals surface area contributed by atoms with Crippen molar-refractivity contribution in [3.05, 3.63) is 40.5 Å². The molecular formula is C11H10BrN. The molecular weight excluding hydrogens is 226 g/mol. The molecule has 0 spiro atoms. The van der Waals surface area contributed by atoms with Gasteiger partial charge in [0, 0.05) is 16.1 Å². The molecule has 0 fully saturated rings. The highest BCUT2D eigenvalue weighted by Crippen LogP contribution is 2.24. The summed E-state index contributed by atoms with van der Waals surface area (Å²) in [5.74, 6) is 0. The average molecular weight is 236 g/mol. The summed E-state index contributed by atoms with van der Waals surface area (Å²) in [4.78, 5) is 4.38. The molecule has 1 aromatic carbocycles. The van der Waals surface area contributed by atoms with Crippen molar-refractivity contribution in [2.24, 2.45) is 0 Å². The average Bonchev–Trinajstić information content (AvgIpc) is 2.18. The fraction of sp³-hybridized carbons (Fsp3) is 0.182. The second-order valence-electron chi connectivity index (χ2n) is 2.96.